The minimum atomic E-state index is -2.55. The van der Waals surface area contributed by atoms with Gasteiger partial charge in [-0.1, -0.05) is 0 Å². The van der Waals surface area contributed by atoms with Crippen molar-refractivity contribution in [2.24, 2.45) is 0 Å². The second kappa shape index (κ2) is 3.17. The number of aryl methyl sites for hydroxylation is 1. The topological polar surface area (TPSA) is 66.2 Å². The first-order valence-corrected chi connectivity index (χ1v) is 3.09. The first kappa shape index (κ1) is 5.08. The molecule has 1 heterocycles. The molecule has 0 saturated carbocycles. The summed E-state index contributed by atoms with van der Waals surface area (Å²) in [6, 6.07) is 0. The smallest absolute Gasteiger partial charge is 0.423 e. The highest BCUT2D eigenvalue weighted by molar-refractivity contribution is 6.59. The Labute approximate surface area is 73.2 Å². The van der Waals surface area contributed by atoms with Crippen LogP contribution >= 0.6 is 11.6 Å². The largest absolute Gasteiger partial charge is 0.491 e. The second-order valence-electron chi connectivity index (χ2n) is 1.82. The van der Waals surface area contributed by atoms with Gasteiger partial charge in [0.1, 0.15) is 0 Å². The van der Waals surface area contributed by atoms with Gasteiger partial charge in [0.25, 0.3) is 0 Å². The molecule has 1 aromatic heterocycles. The summed E-state index contributed by atoms with van der Waals surface area (Å²) in [5, 5.41) is 17.4. The van der Waals surface area contributed by atoms with E-state index in [2.05, 4.69) is 9.97 Å². The van der Waals surface area contributed by atoms with E-state index in [1.165, 1.54) is 0 Å². The number of aromatic nitrogens is 2. The lowest BCUT2D eigenvalue weighted by atomic mass is 9.80. The first-order valence-electron chi connectivity index (χ1n) is 4.21. The molecular formula is C5H6BClN2O2. The maximum absolute atomic E-state index is 8.84. The lowest BCUT2D eigenvalue weighted by Crippen LogP contribution is -2.33. The van der Waals surface area contributed by atoms with Crippen LogP contribution in [0.25, 0.3) is 0 Å². The van der Waals surface area contributed by atoms with Crippen molar-refractivity contribution in [1.29, 1.82) is 0 Å². The molecule has 0 aliphatic heterocycles. The fraction of sp³-hybridized carbons (Fsp3) is 0.200. The van der Waals surface area contributed by atoms with Gasteiger partial charge in [-0.2, -0.15) is 0 Å². The van der Waals surface area contributed by atoms with E-state index in [-0.39, 0.29) is 10.7 Å². The summed E-state index contributed by atoms with van der Waals surface area (Å²) < 4.78 is 21.2. The van der Waals surface area contributed by atoms with Crippen LogP contribution in [-0.2, 0) is 0 Å². The van der Waals surface area contributed by atoms with Gasteiger partial charge in [-0.3, -0.25) is 0 Å². The Morgan fingerprint density at radius 1 is 1.73 bits per heavy atom. The molecule has 0 aromatic carbocycles. The van der Waals surface area contributed by atoms with Crippen molar-refractivity contribution in [2.45, 2.75) is 6.85 Å². The van der Waals surface area contributed by atoms with Gasteiger partial charge in [0.2, 0.25) is 5.28 Å². The molecule has 0 aliphatic carbocycles. The summed E-state index contributed by atoms with van der Waals surface area (Å²) in [5.74, 6) is 0. The number of halogens is 1. The lowest BCUT2D eigenvalue weighted by molar-refractivity contribution is 0.425. The van der Waals surface area contributed by atoms with E-state index >= 15 is 0 Å². The van der Waals surface area contributed by atoms with E-state index in [0.29, 0.717) is 0 Å². The van der Waals surface area contributed by atoms with Crippen LogP contribution in [0.4, 0.5) is 0 Å². The minimum absolute atomic E-state index is 0.250. The van der Waals surface area contributed by atoms with Crippen LogP contribution in [0.2, 0.25) is 5.28 Å². The average molecular weight is 175 g/mol. The van der Waals surface area contributed by atoms with E-state index in [1.807, 2.05) is 0 Å². The molecule has 0 atom stereocenters. The molecule has 0 saturated heterocycles. The van der Waals surface area contributed by atoms with Gasteiger partial charge >= 0.3 is 7.12 Å². The quantitative estimate of drug-likeness (QED) is 0.430. The van der Waals surface area contributed by atoms with Gasteiger partial charge in [0.15, 0.2) is 0 Å². The zero-order chi connectivity index (χ0) is 10.9. The van der Waals surface area contributed by atoms with Crippen LogP contribution in [0.3, 0.4) is 0 Å². The Balaban J connectivity index is 3.30. The van der Waals surface area contributed by atoms with Crippen LogP contribution in [0.15, 0.2) is 6.20 Å². The van der Waals surface area contributed by atoms with Gasteiger partial charge < -0.3 is 10.0 Å². The third-order valence-corrected chi connectivity index (χ3v) is 1.25. The van der Waals surface area contributed by atoms with E-state index in [4.69, 9.17) is 25.8 Å². The molecule has 1 aromatic rings. The summed E-state index contributed by atoms with van der Waals surface area (Å²) in [4.78, 5) is 6.90. The molecule has 1 rings (SSSR count). The van der Waals surface area contributed by atoms with E-state index in [0.717, 1.165) is 6.20 Å². The highest BCUT2D eigenvalue weighted by Crippen LogP contribution is 1.97. The van der Waals surface area contributed by atoms with E-state index < -0.39 is 19.7 Å². The van der Waals surface area contributed by atoms with Crippen molar-refractivity contribution in [2.75, 3.05) is 0 Å². The Hall–Kier alpha value is -0.645. The van der Waals surface area contributed by atoms with Crippen LogP contribution in [0, 0.1) is 6.85 Å². The van der Waals surface area contributed by atoms with Crippen LogP contribution < -0.4 is 5.46 Å². The Morgan fingerprint density at radius 2 is 2.45 bits per heavy atom. The van der Waals surface area contributed by atoms with Gasteiger partial charge in [0, 0.05) is 21.5 Å². The Bertz CT molecular complexity index is 346. The van der Waals surface area contributed by atoms with Gasteiger partial charge in [0.05, 0.1) is 0 Å². The molecule has 2 N–H and O–H groups in total. The third-order valence-electron chi connectivity index (χ3n) is 1.07. The standard InChI is InChI=1S/C5H6BClN2O2/c1-3-4(6(10)11)2-8-5(7)9-3/h2,10-11H,1H3/i1D3. The molecular weight excluding hydrogens is 166 g/mol. The Morgan fingerprint density at radius 3 is 3.00 bits per heavy atom. The fourth-order valence-electron chi connectivity index (χ4n) is 0.559. The van der Waals surface area contributed by atoms with E-state index in [9.17, 15) is 0 Å². The molecule has 0 spiro atoms. The molecule has 0 bridgehead atoms. The molecule has 4 nitrogen and oxygen atoms in total. The number of hydrogen-bond acceptors (Lipinski definition) is 4. The van der Waals surface area contributed by atoms with Crippen LogP contribution in [-0.4, -0.2) is 27.1 Å². The highest BCUT2D eigenvalue weighted by Gasteiger charge is 2.15. The van der Waals surface area contributed by atoms with Crippen molar-refractivity contribution in [3.05, 3.63) is 17.2 Å². The molecule has 11 heavy (non-hydrogen) atoms. The van der Waals surface area contributed by atoms with Crippen LogP contribution in [0.5, 0.6) is 0 Å². The van der Waals surface area contributed by atoms with Gasteiger partial charge in [-0.15, -0.1) is 0 Å². The Kier molecular flexibility index (Phi) is 1.46. The molecule has 0 unspecified atom stereocenters. The predicted molar refractivity (Wildman–Crippen MR) is 41.6 cm³/mol. The number of nitrogens with zero attached hydrogens (tertiary/aromatic N) is 2. The molecule has 6 heteroatoms. The predicted octanol–water partition coefficient (Wildman–Crippen LogP) is -0.882. The molecule has 0 fully saturated rings. The SMILES string of the molecule is [2H]C([2H])([2H])c1nc(Cl)ncc1B(O)O. The lowest BCUT2D eigenvalue weighted by Gasteiger charge is -2.01. The van der Waals surface area contributed by atoms with Crippen molar-refractivity contribution >= 4 is 24.2 Å². The maximum atomic E-state index is 8.84. The first-order chi connectivity index (χ1) is 6.32. The van der Waals surface area contributed by atoms with Crippen molar-refractivity contribution in [3.63, 3.8) is 0 Å². The monoisotopic (exact) mass is 175 g/mol. The summed E-state index contributed by atoms with van der Waals surface area (Å²) in [5.41, 5.74) is -0.720. The number of hydrogen-bond donors (Lipinski definition) is 2. The maximum Gasteiger partial charge on any atom is 0.491 e. The zero-order valence-corrected chi connectivity index (χ0v) is 6.08. The summed E-state index contributed by atoms with van der Waals surface area (Å²) in [6.45, 7) is -2.55. The van der Waals surface area contributed by atoms with Gasteiger partial charge in [-0.25, -0.2) is 9.97 Å². The molecule has 0 aliphatic rings. The summed E-state index contributed by atoms with van der Waals surface area (Å²) in [7, 11) is -1.93. The molecule has 58 valence electrons. The highest BCUT2D eigenvalue weighted by atomic mass is 35.5. The second-order valence-corrected chi connectivity index (χ2v) is 2.15. The normalized spacial score (nSPS) is 15.0. The summed E-state index contributed by atoms with van der Waals surface area (Å²) in [6.07, 6.45) is 0.974. The molecule has 0 amide bonds. The van der Waals surface area contributed by atoms with E-state index in [1.54, 1.807) is 0 Å². The third kappa shape index (κ3) is 1.89. The number of rotatable bonds is 1. The van der Waals surface area contributed by atoms with Crippen molar-refractivity contribution in [1.82, 2.24) is 9.97 Å². The van der Waals surface area contributed by atoms with Gasteiger partial charge in [-0.05, 0) is 18.5 Å². The zero-order valence-electron chi connectivity index (χ0n) is 8.32. The van der Waals surface area contributed by atoms with Crippen molar-refractivity contribution in [3.8, 4) is 0 Å². The van der Waals surface area contributed by atoms with Crippen molar-refractivity contribution < 1.29 is 14.2 Å². The average Bonchev–Trinajstić information content (AvgIpc) is 2.01. The minimum Gasteiger partial charge on any atom is -0.423 e. The van der Waals surface area contributed by atoms with Crippen LogP contribution in [0.1, 0.15) is 9.81 Å². The summed E-state index contributed by atoms with van der Waals surface area (Å²) >= 11 is 5.39. The molecule has 0 radical (unpaired) electrons. The fourth-order valence-corrected chi connectivity index (χ4v) is 0.692.